The summed E-state index contributed by atoms with van der Waals surface area (Å²) < 4.78 is 4.96. The summed E-state index contributed by atoms with van der Waals surface area (Å²) in [6.07, 6.45) is 0.364. The van der Waals surface area contributed by atoms with Crippen LogP contribution in [0.25, 0.3) is 0 Å². The lowest BCUT2D eigenvalue weighted by Gasteiger charge is -2.33. The normalized spacial score (nSPS) is 14.8. The van der Waals surface area contributed by atoms with Crippen molar-refractivity contribution < 1.29 is 19.0 Å². The van der Waals surface area contributed by atoms with Gasteiger partial charge in [-0.3, -0.25) is 20.4 Å². The zero-order chi connectivity index (χ0) is 19.2. The molecule has 2 heterocycles. The molecule has 3 rings (SSSR count). The Morgan fingerprint density at radius 1 is 1.15 bits per heavy atom. The third-order valence-corrected chi connectivity index (χ3v) is 4.87. The molecule has 3 N–H and O–H groups in total. The Labute approximate surface area is 158 Å². The second-order valence-corrected chi connectivity index (χ2v) is 6.77. The van der Waals surface area contributed by atoms with E-state index in [1.807, 2.05) is 6.07 Å². The quantitative estimate of drug-likeness (QED) is 0.635. The molecule has 144 valence electrons. The van der Waals surface area contributed by atoms with Crippen molar-refractivity contribution in [3.63, 3.8) is 0 Å². The number of hydrogen-bond acceptors (Lipinski definition) is 5. The van der Waals surface area contributed by atoms with Gasteiger partial charge in [-0.15, -0.1) is 0 Å². The van der Waals surface area contributed by atoms with Crippen LogP contribution in [0.2, 0.25) is 0 Å². The van der Waals surface area contributed by atoms with Crippen molar-refractivity contribution in [3.05, 3.63) is 47.3 Å². The summed E-state index contributed by atoms with van der Waals surface area (Å²) in [7, 11) is 0. The van der Waals surface area contributed by atoms with Gasteiger partial charge >= 0.3 is 0 Å². The SMILES string of the molecule is Cc1noc(C)c1C(=O)NNC(=O)CC[NH+]1CCN(c2ccccc2)CC1. The number of para-hydroxylation sites is 1. The van der Waals surface area contributed by atoms with Crippen LogP contribution in [-0.2, 0) is 4.79 Å². The minimum absolute atomic E-state index is 0.201. The number of anilines is 1. The van der Waals surface area contributed by atoms with Crippen LogP contribution in [0.4, 0.5) is 5.69 Å². The molecule has 0 radical (unpaired) electrons. The lowest BCUT2D eigenvalue weighted by molar-refractivity contribution is -0.900. The molecule has 0 unspecified atom stereocenters. The molecule has 8 nitrogen and oxygen atoms in total. The molecule has 1 aliphatic rings. The summed E-state index contributed by atoms with van der Waals surface area (Å²) in [6, 6.07) is 10.4. The highest BCUT2D eigenvalue weighted by molar-refractivity contribution is 5.97. The third kappa shape index (κ3) is 4.85. The maximum absolute atomic E-state index is 12.1. The number of carbonyl (C=O) groups is 2. The molecule has 2 amide bonds. The summed E-state index contributed by atoms with van der Waals surface area (Å²) in [4.78, 5) is 27.9. The molecule has 27 heavy (non-hydrogen) atoms. The van der Waals surface area contributed by atoms with Gasteiger partial charge in [0.15, 0.2) is 0 Å². The smallest absolute Gasteiger partial charge is 0.275 e. The van der Waals surface area contributed by atoms with Crippen molar-refractivity contribution in [1.82, 2.24) is 16.0 Å². The fourth-order valence-electron chi connectivity index (χ4n) is 3.32. The highest BCUT2D eigenvalue weighted by atomic mass is 16.5. The molecule has 1 aliphatic heterocycles. The molecule has 1 fully saturated rings. The second kappa shape index (κ2) is 8.68. The molecular formula is C19H26N5O3+. The number of benzene rings is 1. The number of nitrogens with one attached hydrogen (secondary N) is 3. The van der Waals surface area contributed by atoms with Crippen LogP contribution < -0.4 is 20.7 Å². The van der Waals surface area contributed by atoms with Gasteiger partial charge in [0.05, 0.1) is 44.8 Å². The number of aromatic nitrogens is 1. The molecule has 1 aromatic heterocycles. The lowest BCUT2D eigenvalue weighted by atomic mass is 10.2. The molecule has 0 bridgehead atoms. The van der Waals surface area contributed by atoms with Crippen molar-refractivity contribution in [2.24, 2.45) is 0 Å². The van der Waals surface area contributed by atoms with E-state index in [2.05, 4.69) is 45.2 Å². The molecule has 8 heteroatoms. The van der Waals surface area contributed by atoms with Gasteiger partial charge < -0.3 is 14.3 Å². The monoisotopic (exact) mass is 372 g/mol. The summed E-state index contributed by atoms with van der Waals surface area (Å²) in [5, 5.41) is 3.73. The average Bonchev–Trinajstić information content (AvgIpc) is 3.04. The first kappa shape index (κ1) is 18.9. The number of hydrogen-bond donors (Lipinski definition) is 3. The van der Waals surface area contributed by atoms with Gasteiger partial charge in [0, 0.05) is 5.69 Å². The van der Waals surface area contributed by atoms with E-state index in [0.717, 1.165) is 32.7 Å². The maximum atomic E-state index is 12.1. The number of rotatable bonds is 5. The molecule has 0 atom stereocenters. The van der Waals surface area contributed by atoms with Crippen molar-refractivity contribution in [2.75, 3.05) is 37.6 Å². The Bertz CT molecular complexity index is 762. The van der Waals surface area contributed by atoms with Gasteiger partial charge in [0.1, 0.15) is 11.3 Å². The largest absolute Gasteiger partial charge is 0.361 e. The van der Waals surface area contributed by atoms with Crippen LogP contribution in [0.5, 0.6) is 0 Å². The summed E-state index contributed by atoms with van der Waals surface area (Å²) in [5.74, 6) is -0.184. The van der Waals surface area contributed by atoms with E-state index < -0.39 is 5.91 Å². The summed E-state index contributed by atoms with van der Waals surface area (Å²) in [5.41, 5.74) is 7.00. The molecule has 0 aliphatic carbocycles. The van der Waals surface area contributed by atoms with Crippen molar-refractivity contribution in [3.8, 4) is 0 Å². The predicted molar refractivity (Wildman–Crippen MR) is 100 cm³/mol. The van der Waals surface area contributed by atoms with Crippen molar-refractivity contribution >= 4 is 17.5 Å². The van der Waals surface area contributed by atoms with Gasteiger partial charge in [-0.2, -0.15) is 0 Å². The van der Waals surface area contributed by atoms with Gasteiger partial charge in [-0.05, 0) is 26.0 Å². The molecule has 1 aromatic carbocycles. The fraction of sp³-hybridized carbons (Fsp3) is 0.421. The van der Waals surface area contributed by atoms with E-state index in [1.54, 1.807) is 13.8 Å². The first-order valence-corrected chi connectivity index (χ1v) is 9.20. The van der Waals surface area contributed by atoms with E-state index >= 15 is 0 Å². The lowest BCUT2D eigenvalue weighted by Crippen LogP contribution is -3.15. The number of aryl methyl sites for hydroxylation is 2. The maximum Gasteiger partial charge on any atom is 0.275 e. The number of amides is 2. The van der Waals surface area contributed by atoms with Crippen LogP contribution in [0.15, 0.2) is 34.9 Å². The third-order valence-electron chi connectivity index (χ3n) is 4.87. The van der Waals surface area contributed by atoms with E-state index in [1.165, 1.54) is 10.6 Å². The van der Waals surface area contributed by atoms with E-state index in [-0.39, 0.29) is 5.91 Å². The Kier molecular flexibility index (Phi) is 6.08. The van der Waals surface area contributed by atoms with Crippen LogP contribution in [0.1, 0.15) is 28.2 Å². The molecule has 1 saturated heterocycles. The average molecular weight is 372 g/mol. The van der Waals surface area contributed by atoms with Gasteiger partial charge in [0.2, 0.25) is 5.91 Å². The second-order valence-electron chi connectivity index (χ2n) is 6.77. The number of nitrogens with zero attached hydrogens (tertiary/aromatic N) is 2. The topological polar surface area (TPSA) is 91.9 Å². The molecule has 0 spiro atoms. The molecule has 0 saturated carbocycles. The van der Waals surface area contributed by atoms with E-state index in [9.17, 15) is 9.59 Å². The predicted octanol–water partition coefficient (Wildman–Crippen LogP) is -0.152. The summed E-state index contributed by atoms with van der Waals surface area (Å²) >= 11 is 0. The van der Waals surface area contributed by atoms with Gasteiger partial charge in [-0.25, -0.2) is 0 Å². The van der Waals surface area contributed by atoms with Crippen LogP contribution in [0, 0.1) is 13.8 Å². The van der Waals surface area contributed by atoms with Crippen LogP contribution >= 0.6 is 0 Å². The molecule has 2 aromatic rings. The minimum Gasteiger partial charge on any atom is -0.361 e. The van der Waals surface area contributed by atoms with Crippen LogP contribution in [0.3, 0.4) is 0 Å². The number of carbonyl (C=O) groups excluding carboxylic acids is 2. The Morgan fingerprint density at radius 2 is 1.85 bits per heavy atom. The summed E-state index contributed by atoms with van der Waals surface area (Å²) in [6.45, 7) is 8.03. The van der Waals surface area contributed by atoms with E-state index in [4.69, 9.17) is 4.52 Å². The highest BCUT2D eigenvalue weighted by Gasteiger charge is 2.21. The zero-order valence-electron chi connectivity index (χ0n) is 15.7. The first-order valence-electron chi connectivity index (χ1n) is 9.20. The number of quaternary nitrogens is 1. The van der Waals surface area contributed by atoms with Crippen molar-refractivity contribution in [1.29, 1.82) is 0 Å². The van der Waals surface area contributed by atoms with Crippen molar-refractivity contribution in [2.45, 2.75) is 20.3 Å². The Morgan fingerprint density at radius 3 is 2.48 bits per heavy atom. The number of hydrazine groups is 1. The standard InChI is InChI=1S/C19H25N5O3/c1-14-18(15(2)27-22-14)19(26)21-20-17(25)8-9-23-10-12-24(13-11-23)16-6-4-3-5-7-16/h3-7H,8-13H2,1-2H3,(H,20,25)(H,21,26)/p+1. The Balaban J connectivity index is 1.37. The van der Waals surface area contributed by atoms with Gasteiger partial charge in [0.25, 0.3) is 5.91 Å². The van der Waals surface area contributed by atoms with Crippen LogP contribution in [-0.4, -0.2) is 49.7 Å². The minimum atomic E-state index is -0.413. The number of piperazine rings is 1. The first-order chi connectivity index (χ1) is 13.0. The Hall–Kier alpha value is -2.87. The van der Waals surface area contributed by atoms with Gasteiger partial charge in [-0.1, -0.05) is 23.4 Å². The molecular weight excluding hydrogens is 346 g/mol. The highest BCUT2D eigenvalue weighted by Crippen LogP contribution is 2.12. The van der Waals surface area contributed by atoms with E-state index in [0.29, 0.717) is 23.4 Å². The zero-order valence-corrected chi connectivity index (χ0v) is 15.7. The fourth-order valence-corrected chi connectivity index (χ4v) is 3.32.